The average Bonchev–Trinajstić information content (AvgIpc) is 3.02. The van der Waals surface area contributed by atoms with Gasteiger partial charge in [0.25, 0.3) is 5.91 Å². The van der Waals surface area contributed by atoms with Crippen molar-refractivity contribution in [2.45, 2.75) is 12.3 Å². The molecule has 4 nitrogen and oxygen atoms in total. The van der Waals surface area contributed by atoms with Crippen molar-refractivity contribution in [2.75, 3.05) is 14.1 Å². The lowest BCUT2D eigenvalue weighted by Crippen LogP contribution is -2.44. The highest BCUT2D eigenvalue weighted by Gasteiger charge is 2.46. The van der Waals surface area contributed by atoms with Crippen LogP contribution in [-0.4, -0.2) is 35.6 Å². The summed E-state index contributed by atoms with van der Waals surface area (Å²) in [6.45, 7) is 4.07. The highest BCUT2D eigenvalue weighted by Crippen LogP contribution is 2.52. The molecule has 2 aromatic rings. The number of allylic oxidation sites excluding steroid dienone is 2. The summed E-state index contributed by atoms with van der Waals surface area (Å²) in [6, 6.07) is 17.6. The van der Waals surface area contributed by atoms with E-state index < -0.39 is 0 Å². The molecule has 0 aromatic heterocycles. The second-order valence-electron chi connectivity index (χ2n) is 7.49. The molecule has 0 spiro atoms. The van der Waals surface area contributed by atoms with Crippen molar-refractivity contribution < 1.29 is 9.59 Å². The summed E-state index contributed by atoms with van der Waals surface area (Å²) in [5, 5.41) is 0. The van der Waals surface area contributed by atoms with Gasteiger partial charge in [-0.2, -0.15) is 0 Å². The van der Waals surface area contributed by atoms with Crippen molar-refractivity contribution in [3.05, 3.63) is 101 Å². The summed E-state index contributed by atoms with van der Waals surface area (Å²) in [4.78, 5) is 30.3. The second-order valence-corrected chi connectivity index (χ2v) is 7.49. The molecule has 0 bridgehead atoms. The quantitative estimate of drug-likeness (QED) is 0.765. The zero-order valence-electron chi connectivity index (χ0n) is 15.9. The molecular formula is C24H20N2O2. The minimum atomic E-state index is -0.370. The molecule has 1 unspecified atom stereocenters. The Kier molecular flexibility index (Phi) is 3.47. The Morgan fingerprint density at radius 3 is 2.21 bits per heavy atom. The monoisotopic (exact) mass is 368 g/mol. The van der Waals surface area contributed by atoms with Gasteiger partial charge in [0, 0.05) is 48.8 Å². The van der Waals surface area contributed by atoms with Crippen molar-refractivity contribution in [3.63, 3.8) is 0 Å². The first-order valence-electron chi connectivity index (χ1n) is 9.36. The normalized spacial score (nSPS) is 21.2. The van der Waals surface area contributed by atoms with Gasteiger partial charge in [0.2, 0.25) is 0 Å². The maximum absolute atomic E-state index is 13.4. The van der Waals surface area contributed by atoms with E-state index in [-0.39, 0.29) is 17.6 Å². The molecule has 5 rings (SSSR count). The number of carbonyl (C=O) groups excluding carboxylic acids is 2. The second kappa shape index (κ2) is 5.80. The van der Waals surface area contributed by atoms with E-state index in [4.69, 9.17) is 0 Å². The fourth-order valence-corrected chi connectivity index (χ4v) is 4.64. The number of fused-ring (bicyclic) bond motifs is 2. The first-order valence-corrected chi connectivity index (χ1v) is 9.36. The zero-order valence-corrected chi connectivity index (χ0v) is 15.9. The summed E-state index contributed by atoms with van der Waals surface area (Å²) in [7, 11) is 3.68. The Balaban J connectivity index is 1.80. The topological polar surface area (TPSA) is 40.6 Å². The number of benzene rings is 2. The van der Waals surface area contributed by atoms with E-state index in [0.29, 0.717) is 17.8 Å². The summed E-state index contributed by atoms with van der Waals surface area (Å²) >= 11 is 0. The Morgan fingerprint density at radius 2 is 1.50 bits per heavy atom. The van der Waals surface area contributed by atoms with Crippen LogP contribution in [0.15, 0.2) is 83.8 Å². The Labute approximate surface area is 164 Å². The van der Waals surface area contributed by atoms with E-state index in [1.807, 2.05) is 66.5 Å². The van der Waals surface area contributed by atoms with Crippen LogP contribution in [0.4, 0.5) is 0 Å². The summed E-state index contributed by atoms with van der Waals surface area (Å²) < 4.78 is 0. The minimum Gasteiger partial charge on any atom is -0.334 e. The number of hydrogen-bond acceptors (Lipinski definition) is 3. The lowest BCUT2D eigenvalue weighted by atomic mass is 9.74. The Bertz CT molecular complexity index is 1120. The number of likely N-dealkylation sites (N-methyl/N-ethyl adjacent to an activating group) is 1. The molecule has 0 radical (unpaired) electrons. The van der Waals surface area contributed by atoms with Crippen LogP contribution < -0.4 is 0 Å². The van der Waals surface area contributed by atoms with E-state index >= 15 is 0 Å². The molecule has 0 saturated heterocycles. The number of carbonyl (C=O) groups is 2. The first kappa shape index (κ1) is 16.8. The van der Waals surface area contributed by atoms with Gasteiger partial charge >= 0.3 is 0 Å². The number of rotatable bonds is 1. The van der Waals surface area contributed by atoms with Gasteiger partial charge in [-0.05, 0) is 16.7 Å². The van der Waals surface area contributed by atoms with Crippen LogP contribution in [0, 0.1) is 0 Å². The van der Waals surface area contributed by atoms with Crippen molar-refractivity contribution in [3.8, 4) is 0 Å². The van der Waals surface area contributed by atoms with Gasteiger partial charge in [0.1, 0.15) is 5.82 Å². The SMILES string of the molecule is C=C1N(C)C(=O)C2=C(CC3=C(C(=O)c4ccccc43)C2c2ccccc2)N1C. The Morgan fingerprint density at radius 1 is 0.857 bits per heavy atom. The van der Waals surface area contributed by atoms with Crippen LogP contribution in [0.25, 0.3) is 5.57 Å². The largest absolute Gasteiger partial charge is 0.334 e. The van der Waals surface area contributed by atoms with E-state index in [2.05, 4.69) is 6.58 Å². The molecule has 1 amide bonds. The molecule has 0 N–H and O–H groups in total. The maximum atomic E-state index is 13.4. The highest BCUT2D eigenvalue weighted by atomic mass is 16.2. The van der Waals surface area contributed by atoms with Crippen molar-refractivity contribution in [1.29, 1.82) is 0 Å². The standard InChI is InChI=1S/C24H20N2O2/c1-14-25(2)19-13-18-16-11-7-8-12-17(16)23(27)21(18)20(15-9-5-4-6-10-15)22(19)24(28)26(14)3/h4-12,20H,1,13H2,2-3H3. The molecule has 0 saturated carbocycles. The van der Waals surface area contributed by atoms with Gasteiger partial charge in [-0.15, -0.1) is 0 Å². The lowest BCUT2D eigenvalue weighted by molar-refractivity contribution is -0.126. The fraction of sp³-hybridized carbons (Fsp3) is 0.167. The molecule has 138 valence electrons. The summed E-state index contributed by atoms with van der Waals surface area (Å²) in [5.74, 6) is 0.235. The van der Waals surface area contributed by atoms with Crippen LogP contribution in [0.1, 0.15) is 33.8 Å². The van der Waals surface area contributed by atoms with Gasteiger partial charge in [0.05, 0.1) is 0 Å². The number of nitrogens with zero attached hydrogens (tertiary/aromatic N) is 2. The highest BCUT2D eigenvalue weighted by molar-refractivity contribution is 6.23. The first-order chi connectivity index (χ1) is 13.5. The molecule has 1 aliphatic heterocycles. The molecule has 1 atom stereocenters. The zero-order chi connectivity index (χ0) is 19.6. The van der Waals surface area contributed by atoms with E-state index in [0.717, 1.165) is 33.5 Å². The van der Waals surface area contributed by atoms with Crippen LogP contribution >= 0.6 is 0 Å². The molecule has 2 aromatic carbocycles. The Hall–Kier alpha value is -3.40. The van der Waals surface area contributed by atoms with E-state index in [1.54, 1.807) is 11.9 Å². The third kappa shape index (κ3) is 2.06. The van der Waals surface area contributed by atoms with E-state index in [1.165, 1.54) is 0 Å². The van der Waals surface area contributed by atoms with Crippen LogP contribution in [0.3, 0.4) is 0 Å². The van der Waals surface area contributed by atoms with Gasteiger partial charge < -0.3 is 4.90 Å². The number of Topliss-reactive ketones (excluding diaryl/α,β-unsaturated/α-hetero) is 1. The molecule has 2 aliphatic carbocycles. The minimum absolute atomic E-state index is 0.0357. The average molecular weight is 368 g/mol. The summed E-state index contributed by atoms with van der Waals surface area (Å²) in [6.07, 6.45) is 0.561. The van der Waals surface area contributed by atoms with Crippen molar-refractivity contribution in [2.24, 2.45) is 0 Å². The summed E-state index contributed by atoms with van der Waals surface area (Å²) in [5.41, 5.74) is 6.08. The smallest absolute Gasteiger partial charge is 0.257 e. The van der Waals surface area contributed by atoms with Gasteiger partial charge in [-0.25, -0.2) is 0 Å². The molecule has 0 fully saturated rings. The molecule has 28 heavy (non-hydrogen) atoms. The maximum Gasteiger partial charge on any atom is 0.257 e. The van der Waals surface area contributed by atoms with Crippen LogP contribution in [-0.2, 0) is 4.79 Å². The third-order valence-electron chi connectivity index (χ3n) is 6.15. The third-order valence-corrected chi connectivity index (χ3v) is 6.15. The van der Waals surface area contributed by atoms with Gasteiger partial charge in [-0.1, -0.05) is 61.2 Å². The number of hydrogen-bond donors (Lipinski definition) is 0. The number of amides is 1. The van der Waals surface area contributed by atoms with Gasteiger partial charge in [0.15, 0.2) is 5.78 Å². The van der Waals surface area contributed by atoms with Crippen LogP contribution in [0.2, 0.25) is 0 Å². The van der Waals surface area contributed by atoms with Gasteiger partial charge in [-0.3, -0.25) is 14.5 Å². The van der Waals surface area contributed by atoms with Crippen molar-refractivity contribution >= 4 is 17.3 Å². The molecule has 1 heterocycles. The van der Waals surface area contributed by atoms with Crippen molar-refractivity contribution in [1.82, 2.24) is 9.80 Å². The predicted molar refractivity (Wildman–Crippen MR) is 108 cm³/mol. The fourth-order valence-electron chi connectivity index (χ4n) is 4.64. The molecule has 4 heteroatoms. The lowest BCUT2D eigenvalue weighted by Gasteiger charge is -2.42. The predicted octanol–water partition coefficient (Wildman–Crippen LogP) is 3.95. The van der Waals surface area contributed by atoms with E-state index in [9.17, 15) is 9.59 Å². The number of ketones is 1. The molecular weight excluding hydrogens is 348 g/mol. The van der Waals surface area contributed by atoms with Crippen LogP contribution in [0.5, 0.6) is 0 Å². The molecule has 3 aliphatic rings.